The molecule has 0 rings (SSSR count). The summed E-state index contributed by atoms with van der Waals surface area (Å²) in [5.41, 5.74) is -0.928. The normalized spacial score (nSPS) is 13.9. The van der Waals surface area contributed by atoms with Crippen LogP contribution in [0.2, 0.25) is 0 Å². The summed E-state index contributed by atoms with van der Waals surface area (Å²) >= 11 is 0. The molecule has 2 nitrogen and oxygen atoms in total. The summed E-state index contributed by atoms with van der Waals surface area (Å²) in [4.78, 5) is 0. The molecule has 2 N–H and O–H groups in total. The molecule has 0 aromatic rings. The molecule has 0 saturated carbocycles. The smallest absolute Gasteiger partial charge is 0.0591 e. The van der Waals surface area contributed by atoms with Crippen LogP contribution in [0.15, 0.2) is 0 Å². The highest BCUT2D eigenvalue weighted by Crippen LogP contribution is 2.17. The Morgan fingerprint density at radius 2 is 1.14 bits per heavy atom. The van der Waals surface area contributed by atoms with E-state index in [-0.39, 0.29) is 0 Å². The largest absolute Gasteiger partial charge is 0.390 e. The third kappa shape index (κ3) is 25.2. The van der Waals surface area contributed by atoms with Crippen molar-refractivity contribution < 1.29 is 10.2 Å². The van der Waals surface area contributed by atoms with Gasteiger partial charge in [0, 0.05) is 0 Å². The summed E-state index contributed by atoms with van der Waals surface area (Å²) in [5, 5.41) is 18.7. The van der Waals surface area contributed by atoms with Crippen LogP contribution in [-0.4, -0.2) is 21.4 Å². The average molecular weight is 303 g/mol. The molecule has 0 aliphatic heterocycles. The van der Waals surface area contributed by atoms with E-state index in [1.807, 2.05) is 27.7 Å². The molecule has 0 aromatic carbocycles. The number of aliphatic hydroxyl groups is 2. The zero-order valence-electron chi connectivity index (χ0n) is 16.0. The third-order valence-electron chi connectivity index (χ3n) is 3.75. The van der Waals surface area contributed by atoms with Crippen LogP contribution in [0.4, 0.5) is 0 Å². The van der Waals surface area contributed by atoms with Crippen LogP contribution in [0.1, 0.15) is 100 Å². The first-order chi connectivity index (χ1) is 9.37. The van der Waals surface area contributed by atoms with Gasteiger partial charge in [-0.15, -0.1) is 0 Å². The molecule has 0 fully saturated rings. The van der Waals surface area contributed by atoms with E-state index in [1.165, 1.54) is 19.3 Å². The average Bonchev–Trinajstić information content (AvgIpc) is 2.25. The molecule has 130 valence electrons. The van der Waals surface area contributed by atoms with Crippen molar-refractivity contribution >= 4 is 0 Å². The lowest BCUT2D eigenvalue weighted by Gasteiger charge is -2.17. The van der Waals surface area contributed by atoms with Crippen molar-refractivity contribution in [1.82, 2.24) is 0 Å². The van der Waals surface area contributed by atoms with Crippen molar-refractivity contribution in [2.45, 2.75) is 112 Å². The van der Waals surface area contributed by atoms with Gasteiger partial charge in [-0.2, -0.15) is 0 Å². The molecule has 0 heterocycles. The maximum Gasteiger partial charge on any atom is 0.0591 e. The first-order valence-corrected chi connectivity index (χ1v) is 8.82. The summed E-state index contributed by atoms with van der Waals surface area (Å²) in [7, 11) is 0. The Morgan fingerprint density at radius 1 is 0.762 bits per heavy atom. The van der Waals surface area contributed by atoms with E-state index in [4.69, 9.17) is 0 Å². The van der Waals surface area contributed by atoms with Gasteiger partial charge in [0.2, 0.25) is 0 Å². The first kappa shape index (κ1) is 23.2. The second kappa shape index (κ2) is 11.5. The fourth-order valence-corrected chi connectivity index (χ4v) is 2.03. The van der Waals surface area contributed by atoms with Gasteiger partial charge >= 0.3 is 0 Å². The van der Waals surface area contributed by atoms with E-state index in [1.54, 1.807) is 0 Å². The lowest BCUT2D eigenvalue weighted by Crippen LogP contribution is -2.18. The van der Waals surface area contributed by atoms with Gasteiger partial charge in [-0.25, -0.2) is 0 Å². The molecule has 0 saturated heterocycles. The van der Waals surface area contributed by atoms with E-state index < -0.39 is 11.2 Å². The Hall–Kier alpha value is -0.0800. The van der Waals surface area contributed by atoms with Crippen molar-refractivity contribution in [1.29, 1.82) is 0 Å². The Kier molecular flexibility index (Phi) is 12.7. The fraction of sp³-hybridized carbons (Fsp3) is 1.00. The predicted octanol–water partition coefficient (Wildman–Crippen LogP) is 5.56. The summed E-state index contributed by atoms with van der Waals surface area (Å²) < 4.78 is 0. The van der Waals surface area contributed by atoms with Gasteiger partial charge < -0.3 is 10.2 Å². The molecule has 0 aromatic heterocycles. The third-order valence-corrected chi connectivity index (χ3v) is 3.75. The maximum atomic E-state index is 9.40. The molecule has 1 atom stereocenters. The standard InChI is InChI=1S/C10H22O.C9H20O/c1-5-9(2)7-6-8-10(3,4)11;1-8(2)6-5-7-9(3,4)10/h9,11H,5-8H2,1-4H3;8,10H,5-7H2,1-4H3. The fourth-order valence-electron chi connectivity index (χ4n) is 2.03. The van der Waals surface area contributed by atoms with Gasteiger partial charge in [0.15, 0.2) is 0 Å². The highest BCUT2D eigenvalue weighted by Gasteiger charge is 2.12. The van der Waals surface area contributed by atoms with Crippen molar-refractivity contribution in [3.05, 3.63) is 0 Å². The van der Waals surface area contributed by atoms with Gasteiger partial charge in [0.05, 0.1) is 11.2 Å². The van der Waals surface area contributed by atoms with E-state index >= 15 is 0 Å². The minimum atomic E-state index is -0.465. The van der Waals surface area contributed by atoms with E-state index in [0.717, 1.165) is 37.5 Å². The van der Waals surface area contributed by atoms with Crippen molar-refractivity contribution in [2.75, 3.05) is 0 Å². The van der Waals surface area contributed by atoms with Crippen molar-refractivity contribution in [3.8, 4) is 0 Å². The van der Waals surface area contributed by atoms with Crippen LogP contribution in [0.3, 0.4) is 0 Å². The molecule has 0 radical (unpaired) electrons. The topological polar surface area (TPSA) is 40.5 Å². The zero-order valence-corrected chi connectivity index (χ0v) is 16.0. The molecule has 2 heteroatoms. The quantitative estimate of drug-likeness (QED) is 0.585. The second-order valence-corrected chi connectivity index (χ2v) is 8.32. The highest BCUT2D eigenvalue weighted by molar-refractivity contribution is 4.65. The van der Waals surface area contributed by atoms with Crippen LogP contribution in [0, 0.1) is 11.8 Å². The molecule has 0 aliphatic rings. The molecule has 0 spiro atoms. The van der Waals surface area contributed by atoms with Crippen LogP contribution in [-0.2, 0) is 0 Å². The molecule has 1 unspecified atom stereocenters. The molecule has 0 amide bonds. The lowest BCUT2D eigenvalue weighted by molar-refractivity contribution is 0.0664. The SMILES string of the molecule is CC(C)CCCC(C)(C)O.CCC(C)CCCC(C)(C)O. The summed E-state index contributed by atoms with van der Waals surface area (Å²) in [6.45, 7) is 16.4. The van der Waals surface area contributed by atoms with Gasteiger partial charge in [0.25, 0.3) is 0 Å². The van der Waals surface area contributed by atoms with Crippen LogP contribution in [0.25, 0.3) is 0 Å². The van der Waals surface area contributed by atoms with Gasteiger partial charge in [-0.05, 0) is 52.4 Å². The molecular weight excluding hydrogens is 260 g/mol. The Labute approximate surface area is 134 Å². The Balaban J connectivity index is 0. The summed E-state index contributed by atoms with van der Waals surface area (Å²) in [5.74, 6) is 1.58. The van der Waals surface area contributed by atoms with Crippen LogP contribution < -0.4 is 0 Å². The second-order valence-electron chi connectivity index (χ2n) is 8.32. The number of rotatable bonds is 9. The molecular formula is C19H42O2. The molecule has 0 bridgehead atoms. The van der Waals surface area contributed by atoms with Crippen LogP contribution in [0.5, 0.6) is 0 Å². The van der Waals surface area contributed by atoms with E-state index in [2.05, 4.69) is 27.7 Å². The minimum Gasteiger partial charge on any atom is -0.390 e. The van der Waals surface area contributed by atoms with Crippen LogP contribution >= 0.6 is 0 Å². The van der Waals surface area contributed by atoms with Crippen molar-refractivity contribution in [3.63, 3.8) is 0 Å². The van der Waals surface area contributed by atoms with E-state index in [0.29, 0.717) is 0 Å². The molecule has 0 aliphatic carbocycles. The predicted molar refractivity (Wildman–Crippen MR) is 94.6 cm³/mol. The maximum absolute atomic E-state index is 9.40. The Morgan fingerprint density at radius 3 is 1.43 bits per heavy atom. The van der Waals surface area contributed by atoms with E-state index in [9.17, 15) is 10.2 Å². The highest BCUT2D eigenvalue weighted by atomic mass is 16.3. The summed E-state index contributed by atoms with van der Waals surface area (Å²) in [6, 6.07) is 0. The van der Waals surface area contributed by atoms with Crippen molar-refractivity contribution in [2.24, 2.45) is 11.8 Å². The Bertz CT molecular complexity index is 221. The number of hydrogen-bond acceptors (Lipinski definition) is 2. The molecule has 21 heavy (non-hydrogen) atoms. The van der Waals surface area contributed by atoms with Gasteiger partial charge in [-0.1, -0.05) is 59.8 Å². The first-order valence-electron chi connectivity index (χ1n) is 8.82. The summed E-state index contributed by atoms with van der Waals surface area (Å²) in [6.07, 6.45) is 7.87. The van der Waals surface area contributed by atoms with Gasteiger partial charge in [0.1, 0.15) is 0 Å². The number of hydrogen-bond donors (Lipinski definition) is 2. The lowest BCUT2D eigenvalue weighted by atomic mass is 9.96. The minimum absolute atomic E-state index is 0.463. The zero-order chi connectivity index (χ0) is 17.1. The monoisotopic (exact) mass is 302 g/mol. The van der Waals surface area contributed by atoms with Gasteiger partial charge in [-0.3, -0.25) is 0 Å².